The van der Waals surface area contributed by atoms with Crippen LogP contribution in [0.5, 0.6) is 0 Å². The zero-order chi connectivity index (χ0) is 20.9. The number of sulfonamides is 1. The molecule has 8 heteroatoms. The van der Waals surface area contributed by atoms with Crippen LogP contribution in [0.15, 0.2) is 59.5 Å². The number of carbonyl (C=O) groups is 1. The summed E-state index contributed by atoms with van der Waals surface area (Å²) in [4.78, 5) is 14.4. The van der Waals surface area contributed by atoms with Crippen LogP contribution in [0.4, 0.5) is 4.39 Å². The first kappa shape index (κ1) is 21.4. The van der Waals surface area contributed by atoms with Gasteiger partial charge in [0, 0.05) is 39.1 Å². The molecule has 0 saturated carbocycles. The molecule has 29 heavy (non-hydrogen) atoms. The Balaban J connectivity index is 1.45. The minimum Gasteiger partial charge on any atom is -0.350 e. The van der Waals surface area contributed by atoms with Gasteiger partial charge in [0.25, 0.3) is 0 Å². The lowest BCUT2D eigenvalue weighted by molar-refractivity contribution is -0.122. The second-order valence-electron chi connectivity index (χ2n) is 7.15. The smallest absolute Gasteiger partial charge is 0.243 e. The maximum Gasteiger partial charge on any atom is 0.243 e. The molecule has 0 spiro atoms. The van der Waals surface area contributed by atoms with Crippen LogP contribution in [0.2, 0.25) is 0 Å². The highest BCUT2D eigenvalue weighted by atomic mass is 32.2. The van der Waals surface area contributed by atoms with Gasteiger partial charge in [0.2, 0.25) is 15.9 Å². The summed E-state index contributed by atoms with van der Waals surface area (Å²) in [5, 5.41) is 2.99. The van der Waals surface area contributed by atoms with E-state index >= 15 is 0 Å². The molecule has 1 amide bonds. The normalized spacial score (nSPS) is 17.0. The number of carbonyl (C=O) groups excluding carboxylic acids is 1. The van der Waals surface area contributed by atoms with Crippen molar-refractivity contribution < 1.29 is 17.6 Å². The molecule has 0 aliphatic carbocycles. The van der Waals surface area contributed by atoms with Crippen LogP contribution in [0, 0.1) is 5.82 Å². The molecule has 1 unspecified atom stereocenters. The molecule has 1 fully saturated rings. The lowest BCUT2D eigenvalue weighted by Gasteiger charge is -2.33. The van der Waals surface area contributed by atoms with Crippen LogP contribution in [0.3, 0.4) is 0 Å². The number of amides is 1. The second kappa shape index (κ2) is 9.47. The Kier molecular flexibility index (Phi) is 7.00. The van der Waals surface area contributed by atoms with Gasteiger partial charge in [0.05, 0.1) is 10.9 Å². The number of hydrogen-bond acceptors (Lipinski definition) is 4. The summed E-state index contributed by atoms with van der Waals surface area (Å²) in [5.74, 6) is -0.489. The van der Waals surface area contributed by atoms with Gasteiger partial charge in [-0.2, -0.15) is 4.31 Å². The van der Waals surface area contributed by atoms with Crippen LogP contribution in [-0.4, -0.2) is 56.3 Å². The average Bonchev–Trinajstić information content (AvgIpc) is 2.73. The van der Waals surface area contributed by atoms with Crippen molar-refractivity contribution in [3.8, 4) is 0 Å². The van der Waals surface area contributed by atoms with Crippen LogP contribution in [0.25, 0.3) is 0 Å². The van der Waals surface area contributed by atoms with Gasteiger partial charge in [-0.05, 0) is 36.8 Å². The van der Waals surface area contributed by atoms with E-state index in [1.54, 1.807) is 0 Å². The minimum atomic E-state index is -3.62. The predicted octanol–water partition coefficient (Wildman–Crippen LogP) is 2.40. The van der Waals surface area contributed by atoms with E-state index < -0.39 is 15.8 Å². The summed E-state index contributed by atoms with van der Waals surface area (Å²) in [7, 11) is -3.62. The van der Waals surface area contributed by atoms with Gasteiger partial charge in [0.1, 0.15) is 5.82 Å². The monoisotopic (exact) mass is 419 g/mol. The van der Waals surface area contributed by atoms with Gasteiger partial charge in [-0.1, -0.05) is 30.3 Å². The van der Waals surface area contributed by atoms with Crippen molar-refractivity contribution in [1.82, 2.24) is 14.5 Å². The van der Waals surface area contributed by atoms with E-state index in [0.717, 1.165) is 17.7 Å². The topological polar surface area (TPSA) is 69.7 Å². The lowest BCUT2D eigenvalue weighted by atomic mass is 10.1. The number of benzene rings is 2. The molecule has 2 aromatic carbocycles. The van der Waals surface area contributed by atoms with Crippen molar-refractivity contribution in [2.24, 2.45) is 0 Å². The largest absolute Gasteiger partial charge is 0.350 e. The SMILES string of the molecule is CC(NC(=O)CCN1CCN(S(=O)(=O)c2ccc(F)cc2)CC1)c1ccccc1. The van der Waals surface area contributed by atoms with Gasteiger partial charge in [-0.15, -0.1) is 0 Å². The third kappa shape index (κ3) is 5.62. The Morgan fingerprint density at radius 3 is 2.28 bits per heavy atom. The Morgan fingerprint density at radius 1 is 1.03 bits per heavy atom. The Bertz CT molecular complexity index is 912. The van der Waals surface area contributed by atoms with E-state index in [-0.39, 0.29) is 16.8 Å². The molecular weight excluding hydrogens is 393 g/mol. The van der Waals surface area contributed by atoms with Gasteiger partial charge >= 0.3 is 0 Å². The molecule has 0 aromatic heterocycles. The molecule has 1 aliphatic rings. The molecule has 3 rings (SSSR count). The Morgan fingerprint density at radius 2 is 1.66 bits per heavy atom. The minimum absolute atomic E-state index is 0.0253. The highest BCUT2D eigenvalue weighted by Crippen LogP contribution is 2.18. The highest BCUT2D eigenvalue weighted by molar-refractivity contribution is 7.89. The van der Waals surface area contributed by atoms with E-state index in [9.17, 15) is 17.6 Å². The fraction of sp³-hybridized carbons (Fsp3) is 0.381. The first-order chi connectivity index (χ1) is 13.9. The quantitative estimate of drug-likeness (QED) is 0.748. The Labute approximate surface area is 171 Å². The third-order valence-corrected chi connectivity index (χ3v) is 7.03. The number of hydrogen-bond donors (Lipinski definition) is 1. The number of nitrogens with zero attached hydrogens (tertiary/aromatic N) is 2. The summed E-state index contributed by atoms with van der Waals surface area (Å²) in [6.07, 6.45) is 0.363. The molecule has 1 atom stereocenters. The molecule has 1 aliphatic heterocycles. The molecule has 0 radical (unpaired) electrons. The number of nitrogens with one attached hydrogen (secondary N) is 1. The molecule has 6 nitrogen and oxygen atoms in total. The molecule has 1 heterocycles. The van der Waals surface area contributed by atoms with Gasteiger partial charge in [-0.25, -0.2) is 12.8 Å². The van der Waals surface area contributed by atoms with E-state index in [4.69, 9.17) is 0 Å². The van der Waals surface area contributed by atoms with Crippen molar-refractivity contribution in [2.45, 2.75) is 24.3 Å². The van der Waals surface area contributed by atoms with Crippen LogP contribution >= 0.6 is 0 Å². The molecule has 156 valence electrons. The first-order valence-corrected chi connectivity index (χ1v) is 11.1. The van der Waals surface area contributed by atoms with Crippen molar-refractivity contribution in [3.05, 3.63) is 66.0 Å². The summed E-state index contributed by atoms with van der Waals surface area (Å²) in [5.41, 5.74) is 1.06. The van der Waals surface area contributed by atoms with Crippen molar-refractivity contribution in [1.29, 1.82) is 0 Å². The molecule has 1 saturated heterocycles. The van der Waals surface area contributed by atoms with E-state index in [0.29, 0.717) is 39.1 Å². The van der Waals surface area contributed by atoms with Crippen molar-refractivity contribution in [3.63, 3.8) is 0 Å². The van der Waals surface area contributed by atoms with Crippen LogP contribution < -0.4 is 5.32 Å². The second-order valence-corrected chi connectivity index (χ2v) is 9.09. The first-order valence-electron chi connectivity index (χ1n) is 9.68. The van der Waals surface area contributed by atoms with Gasteiger partial charge < -0.3 is 10.2 Å². The van der Waals surface area contributed by atoms with Crippen LogP contribution in [-0.2, 0) is 14.8 Å². The van der Waals surface area contributed by atoms with E-state index in [2.05, 4.69) is 10.2 Å². The molecule has 2 aromatic rings. The standard InChI is InChI=1S/C21H26FN3O3S/c1-17(18-5-3-2-4-6-18)23-21(26)11-12-24-13-15-25(16-14-24)29(27,28)20-9-7-19(22)8-10-20/h2-10,17H,11-16H2,1H3,(H,23,26). The summed E-state index contributed by atoms with van der Waals surface area (Å²) >= 11 is 0. The van der Waals surface area contributed by atoms with E-state index in [1.807, 2.05) is 37.3 Å². The number of rotatable bonds is 7. The lowest BCUT2D eigenvalue weighted by Crippen LogP contribution is -2.49. The van der Waals surface area contributed by atoms with Gasteiger partial charge in [0.15, 0.2) is 0 Å². The summed E-state index contributed by atoms with van der Waals surface area (Å²) in [6, 6.07) is 14.6. The fourth-order valence-electron chi connectivity index (χ4n) is 3.35. The zero-order valence-electron chi connectivity index (χ0n) is 16.4. The zero-order valence-corrected chi connectivity index (χ0v) is 17.2. The molecule has 0 bridgehead atoms. The highest BCUT2D eigenvalue weighted by Gasteiger charge is 2.28. The number of piperazine rings is 1. The maximum absolute atomic E-state index is 13.0. The van der Waals surface area contributed by atoms with Crippen molar-refractivity contribution in [2.75, 3.05) is 32.7 Å². The summed E-state index contributed by atoms with van der Waals surface area (Å²) in [6.45, 7) is 4.34. The molecular formula is C21H26FN3O3S. The average molecular weight is 420 g/mol. The Hall–Kier alpha value is -2.29. The predicted molar refractivity (Wildman–Crippen MR) is 109 cm³/mol. The van der Waals surface area contributed by atoms with Gasteiger partial charge in [-0.3, -0.25) is 4.79 Å². The molecule has 1 N–H and O–H groups in total. The summed E-state index contributed by atoms with van der Waals surface area (Å²) < 4.78 is 39.8. The third-order valence-electron chi connectivity index (χ3n) is 5.11. The van der Waals surface area contributed by atoms with Crippen LogP contribution in [0.1, 0.15) is 24.9 Å². The maximum atomic E-state index is 13.0. The van der Waals surface area contributed by atoms with E-state index in [1.165, 1.54) is 16.4 Å². The van der Waals surface area contributed by atoms with Crippen molar-refractivity contribution >= 4 is 15.9 Å². The number of halogens is 1. The fourth-order valence-corrected chi connectivity index (χ4v) is 4.77.